The van der Waals surface area contributed by atoms with Crippen LogP contribution in [-0.2, 0) is 4.79 Å². The molecule has 1 aromatic rings. The zero-order valence-corrected chi connectivity index (χ0v) is 9.93. The molecule has 2 rings (SSSR count). The van der Waals surface area contributed by atoms with Crippen molar-refractivity contribution in [2.24, 2.45) is 0 Å². The van der Waals surface area contributed by atoms with E-state index in [-0.39, 0.29) is 5.91 Å². The Hall–Kier alpha value is -1.22. The highest BCUT2D eigenvalue weighted by Crippen LogP contribution is 2.22. The molecule has 0 bridgehead atoms. The maximum atomic E-state index is 10.7. The average molecular weight is 233 g/mol. The molecule has 1 aromatic carbocycles. The van der Waals surface area contributed by atoms with E-state index >= 15 is 0 Å². The number of rotatable bonds is 5. The van der Waals surface area contributed by atoms with E-state index < -0.39 is 0 Å². The van der Waals surface area contributed by atoms with Gasteiger partial charge in [-0.1, -0.05) is 30.4 Å². The van der Waals surface area contributed by atoms with Crippen LogP contribution in [0.15, 0.2) is 47.4 Å². The van der Waals surface area contributed by atoms with Crippen molar-refractivity contribution in [1.82, 2.24) is 5.32 Å². The lowest BCUT2D eigenvalue weighted by Gasteiger charge is -2.27. The average Bonchev–Trinajstić information content (AvgIpc) is 2.26. The second-order valence-electron chi connectivity index (χ2n) is 4.02. The third-order valence-corrected chi connectivity index (χ3v) is 3.68. The molecule has 1 saturated heterocycles. The quantitative estimate of drug-likeness (QED) is 0.481. The number of benzene rings is 1. The summed E-state index contributed by atoms with van der Waals surface area (Å²) in [4.78, 5) is 12.0. The molecule has 1 amide bonds. The molecular weight excluding hydrogens is 218 g/mol. The summed E-state index contributed by atoms with van der Waals surface area (Å²) < 4.78 is 0. The zero-order valence-electron chi connectivity index (χ0n) is 9.11. The Labute approximate surface area is 100 Å². The molecule has 3 heteroatoms. The standard InChI is InChI=1S/C13H15NOS/c1-10(7-11-8-13(15)14-11)9-16-12-5-3-2-4-6-12/h2-6,11H,1,7-9H2,(H,14,15). The van der Waals surface area contributed by atoms with Gasteiger partial charge in [0.25, 0.3) is 0 Å². The minimum absolute atomic E-state index is 0.161. The zero-order chi connectivity index (χ0) is 11.4. The van der Waals surface area contributed by atoms with Crippen molar-refractivity contribution in [3.8, 4) is 0 Å². The van der Waals surface area contributed by atoms with Crippen LogP contribution in [0.3, 0.4) is 0 Å². The molecule has 1 aliphatic heterocycles. The highest BCUT2D eigenvalue weighted by Gasteiger charge is 2.25. The summed E-state index contributed by atoms with van der Waals surface area (Å²) in [6.45, 7) is 4.04. The van der Waals surface area contributed by atoms with Crippen LogP contribution in [0.5, 0.6) is 0 Å². The van der Waals surface area contributed by atoms with Crippen molar-refractivity contribution in [2.75, 3.05) is 5.75 Å². The van der Waals surface area contributed by atoms with Gasteiger partial charge in [0.1, 0.15) is 0 Å². The molecule has 0 spiro atoms. The molecule has 16 heavy (non-hydrogen) atoms. The Morgan fingerprint density at radius 2 is 2.12 bits per heavy atom. The van der Waals surface area contributed by atoms with Gasteiger partial charge in [0.15, 0.2) is 0 Å². The molecule has 0 saturated carbocycles. The van der Waals surface area contributed by atoms with Crippen LogP contribution in [0.1, 0.15) is 12.8 Å². The SMILES string of the molecule is C=C(CSc1ccccc1)CC1CC(=O)N1. The number of carbonyl (C=O) groups excluding carboxylic acids is 1. The number of hydrogen-bond donors (Lipinski definition) is 1. The fourth-order valence-electron chi connectivity index (χ4n) is 1.66. The van der Waals surface area contributed by atoms with Crippen molar-refractivity contribution in [3.05, 3.63) is 42.5 Å². The maximum absolute atomic E-state index is 10.7. The van der Waals surface area contributed by atoms with E-state index in [1.54, 1.807) is 11.8 Å². The number of nitrogens with one attached hydrogen (secondary N) is 1. The van der Waals surface area contributed by atoms with Crippen LogP contribution in [-0.4, -0.2) is 17.7 Å². The second kappa shape index (κ2) is 5.21. The Balaban J connectivity index is 1.70. The van der Waals surface area contributed by atoms with Crippen LogP contribution < -0.4 is 5.32 Å². The van der Waals surface area contributed by atoms with Crippen molar-refractivity contribution in [2.45, 2.75) is 23.8 Å². The van der Waals surface area contributed by atoms with E-state index in [0.29, 0.717) is 12.5 Å². The summed E-state index contributed by atoms with van der Waals surface area (Å²) in [7, 11) is 0. The van der Waals surface area contributed by atoms with Crippen molar-refractivity contribution >= 4 is 17.7 Å². The molecule has 0 aromatic heterocycles. The first-order valence-electron chi connectivity index (χ1n) is 5.38. The smallest absolute Gasteiger partial charge is 0.222 e. The summed E-state index contributed by atoms with van der Waals surface area (Å²) in [6.07, 6.45) is 1.57. The summed E-state index contributed by atoms with van der Waals surface area (Å²) in [5, 5.41) is 2.86. The van der Waals surface area contributed by atoms with E-state index in [9.17, 15) is 4.79 Å². The summed E-state index contributed by atoms with van der Waals surface area (Å²) in [5.41, 5.74) is 1.19. The van der Waals surface area contributed by atoms with E-state index in [0.717, 1.165) is 12.2 Å². The third kappa shape index (κ3) is 3.14. The third-order valence-electron chi connectivity index (χ3n) is 2.52. The van der Waals surface area contributed by atoms with Gasteiger partial charge in [-0.2, -0.15) is 0 Å². The van der Waals surface area contributed by atoms with Crippen LogP contribution >= 0.6 is 11.8 Å². The molecule has 0 radical (unpaired) electrons. The molecule has 2 nitrogen and oxygen atoms in total. The van der Waals surface area contributed by atoms with Crippen molar-refractivity contribution in [3.63, 3.8) is 0 Å². The first-order chi connectivity index (χ1) is 7.74. The van der Waals surface area contributed by atoms with E-state index in [1.165, 1.54) is 10.5 Å². The maximum Gasteiger partial charge on any atom is 0.222 e. The largest absolute Gasteiger partial charge is 0.352 e. The lowest BCUT2D eigenvalue weighted by Crippen LogP contribution is -2.48. The summed E-state index contributed by atoms with van der Waals surface area (Å²) in [5.74, 6) is 1.09. The van der Waals surface area contributed by atoms with Gasteiger partial charge >= 0.3 is 0 Å². The Bertz CT molecular complexity index is 380. The highest BCUT2D eigenvalue weighted by atomic mass is 32.2. The van der Waals surface area contributed by atoms with Crippen LogP contribution in [0.25, 0.3) is 0 Å². The number of thioether (sulfide) groups is 1. The van der Waals surface area contributed by atoms with Crippen molar-refractivity contribution < 1.29 is 4.79 Å². The second-order valence-corrected chi connectivity index (χ2v) is 5.07. The molecule has 84 valence electrons. The van der Waals surface area contributed by atoms with Crippen LogP contribution in [0.2, 0.25) is 0 Å². The van der Waals surface area contributed by atoms with Gasteiger partial charge in [-0.3, -0.25) is 4.79 Å². The molecule has 1 atom stereocenters. The Morgan fingerprint density at radius 1 is 1.44 bits per heavy atom. The lowest BCUT2D eigenvalue weighted by atomic mass is 9.99. The molecule has 0 aliphatic carbocycles. The monoisotopic (exact) mass is 233 g/mol. The van der Waals surface area contributed by atoms with E-state index in [1.807, 2.05) is 18.2 Å². The van der Waals surface area contributed by atoms with Gasteiger partial charge in [-0.15, -0.1) is 11.8 Å². The van der Waals surface area contributed by atoms with Crippen LogP contribution in [0, 0.1) is 0 Å². The fourth-order valence-corrected chi connectivity index (χ4v) is 2.50. The van der Waals surface area contributed by atoms with Gasteiger partial charge in [-0.25, -0.2) is 0 Å². The number of hydrogen-bond acceptors (Lipinski definition) is 2. The van der Waals surface area contributed by atoms with Gasteiger partial charge in [0.05, 0.1) is 0 Å². The number of β-lactam (4-membered cyclic amide) rings is 1. The summed E-state index contributed by atoms with van der Waals surface area (Å²) >= 11 is 1.79. The molecule has 1 aliphatic rings. The molecule has 1 unspecified atom stereocenters. The lowest BCUT2D eigenvalue weighted by molar-refractivity contribution is -0.128. The van der Waals surface area contributed by atoms with Gasteiger partial charge in [0.2, 0.25) is 5.91 Å². The first-order valence-corrected chi connectivity index (χ1v) is 6.36. The number of carbonyl (C=O) groups is 1. The van der Waals surface area contributed by atoms with Gasteiger partial charge in [-0.05, 0) is 18.6 Å². The van der Waals surface area contributed by atoms with Gasteiger partial charge < -0.3 is 5.32 Å². The minimum atomic E-state index is 0.161. The normalized spacial score (nSPS) is 18.8. The molecule has 1 fully saturated rings. The fraction of sp³-hybridized carbons (Fsp3) is 0.308. The van der Waals surface area contributed by atoms with Crippen molar-refractivity contribution in [1.29, 1.82) is 0 Å². The predicted octanol–water partition coefficient (Wildman–Crippen LogP) is 2.61. The summed E-state index contributed by atoms with van der Waals surface area (Å²) in [6, 6.07) is 10.6. The topological polar surface area (TPSA) is 29.1 Å². The Morgan fingerprint density at radius 3 is 2.75 bits per heavy atom. The Kier molecular flexibility index (Phi) is 3.67. The minimum Gasteiger partial charge on any atom is -0.352 e. The highest BCUT2D eigenvalue weighted by molar-refractivity contribution is 7.99. The predicted molar refractivity (Wildman–Crippen MR) is 67.5 cm³/mol. The molecular formula is C13H15NOS. The first kappa shape index (κ1) is 11.3. The number of amides is 1. The van der Waals surface area contributed by atoms with Gasteiger partial charge in [0, 0.05) is 23.1 Å². The van der Waals surface area contributed by atoms with E-state index in [2.05, 4.69) is 24.0 Å². The van der Waals surface area contributed by atoms with Crippen LogP contribution in [0.4, 0.5) is 0 Å². The molecule has 1 N–H and O–H groups in total. The molecule has 1 heterocycles. The van der Waals surface area contributed by atoms with E-state index in [4.69, 9.17) is 0 Å².